The van der Waals surface area contributed by atoms with Gasteiger partial charge in [-0.2, -0.15) is 0 Å². The first-order valence-corrected chi connectivity index (χ1v) is 8.22. The predicted octanol–water partition coefficient (Wildman–Crippen LogP) is 0.0592. The first-order valence-electron chi connectivity index (χ1n) is 7.41. The molecule has 0 bridgehead atoms. The Morgan fingerprint density at radius 1 is 1.30 bits per heavy atom. The fourth-order valence-electron chi connectivity index (χ4n) is 2.10. The number of fused-ring (bicyclic) bond motifs is 1. The van der Waals surface area contributed by atoms with E-state index in [9.17, 15) is 19.2 Å². The summed E-state index contributed by atoms with van der Waals surface area (Å²) in [5.41, 5.74) is 3.19. The van der Waals surface area contributed by atoms with E-state index in [-0.39, 0.29) is 0 Å². The summed E-state index contributed by atoms with van der Waals surface area (Å²) in [6.45, 7) is -0.660. The molecule has 3 rings (SSSR count). The van der Waals surface area contributed by atoms with Crippen molar-refractivity contribution in [1.29, 1.82) is 0 Å². The summed E-state index contributed by atoms with van der Waals surface area (Å²) in [6.07, 6.45) is 0. The topological polar surface area (TPSA) is 169 Å². The van der Waals surface area contributed by atoms with Gasteiger partial charge in [-0.05, 0) is 18.2 Å². The molecule has 0 unspecified atom stereocenters. The molecule has 0 saturated carbocycles. The molecule has 0 fully saturated rings. The SMILES string of the molecule is COc1ccc2nc(NC(=O)COC(=O)c3[nH]c(=O)[nH]c(=O)c3N)sc2c1. The van der Waals surface area contributed by atoms with Gasteiger partial charge in [-0.15, -0.1) is 0 Å². The molecule has 0 atom stereocenters. The summed E-state index contributed by atoms with van der Waals surface area (Å²) in [6, 6.07) is 5.25. The van der Waals surface area contributed by atoms with Gasteiger partial charge in [-0.3, -0.25) is 24.9 Å². The van der Waals surface area contributed by atoms with Crippen LogP contribution in [-0.2, 0) is 9.53 Å². The number of H-pyrrole nitrogens is 2. The smallest absolute Gasteiger partial charge is 0.357 e. The van der Waals surface area contributed by atoms with Crippen LogP contribution >= 0.6 is 11.3 Å². The molecule has 5 N–H and O–H groups in total. The van der Waals surface area contributed by atoms with Crippen molar-refractivity contribution in [1.82, 2.24) is 15.0 Å². The van der Waals surface area contributed by atoms with Gasteiger partial charge < -0.3 is 15.2 Å². The molecule has 0 aliphatic carbocycles. The Bertz CT molecular complexity index is 1150. The minimum Gasteiger partial charge on any atom is -0.497 e. The molecule has 0 radical (unpaired) electrons. The maximum absolute atomic E-state index is 11.9. The molecule has 0 aliphatic rings. The Morgan fingerprint density at radius 2 is 2.07 bits per heavy atom. The first-order chi connectivity index (χ1) is 12.9. The van der Waals surface area contributed by atoms with Crippen molar-refractivity contribution in [2.45, 2.75) is 0 Å². The number of hydrogen-bond acceptors (Lipinski definition) is 9. The van der Waals surface area contributed by atoms with E-state index in [0.29, 0.717) is 16.4 Å². The van der Waals surface area contributed by atoms with Gasteiger partial charge in [0.15, 0.2) is 17.4 Å². The zero-order valence-electron chi connectivity index (χ0n) is 13.8. The lowest BCUT2D eigenvalue weighted by Crippen LogP contribution is -2.30. The molecule has 11 nitrogen and oxygen atoms in total. The molecule has 1 aromatic carbocycles. The maximum atomic E-state index is 11.9. The summed E-state index contributed by atoms with van der Waals surface area (Å²) in [7, 11) is 1.54. The van der Waals surface area contributed by atoms with E-state index < -0.39 is 41.1 Å². The van der Waals surface area contributed by atoms with Crippen molar-refractivity contribution in [2.24, 2.45) is 0 Å². The molecular weight excluding hydrogens is 378 g/mol. The molecule has 2 heterocycles. The average molecular weight is 391 g/mol. The highest BCUT2D eigenvalue weighted by Crippen LogP contribution is 2.29. The number of aromatic nitrogens is 3. The third kappa shape index (κ3) is 3.95. The number of esters is 1. The minimum atomic E-state index is -1.11. The molecule has 12 heteroatoms. The molecule has 1 amide bonds. The number of hydrogen-bond donors (Lipinski definition) is 4. The number of rotatable bonds is 5. The van der Waals surface area contributed by atoms with Gasteiger partial charge in [0.25, 0.3) is 11.5 Å². The second kappa shape index (κ2) is 7.29. The molecule has 27 heavy (non-hydrogen) atoms. The van der Waals surface area contributed by atoms with Gasteiger partial charge in [-0.25, -0.2) is 14.6 Å². The van der Waals surface area contributed by atoms with Crippen LogP contribution in [-0.4, -0.2) is 40.5 Å². The van der Waals surface area contributed by atoms with E-state index >= 15 is 0 Å². The standard InChI is InChI=1S/C15H13N5O6S/c1-25-6-2-3-7-8(4-6)27-15(17-7)18-9(21)5-26-13(23)11-10(16)12(22)20-14(24)19-11/h2-4H,5,16H2,1H3,(H,17,18,21)(H2,19,20,22,24). The third-order valence-electron chi connectivity index (χ3n) is 3.36. The Labute approximate surface area is 154 Å². The lowest BCUT2D eigenvalue weighted by Gasteiger charge is -2.05. The molecule has 0 spiro atoms. The number of carbonyl (C=O) groups excluding carboxylic acids is 2. The molecular formula is C15H13N5O6S. The Hall–Kier alpha value is -3.67. The van der Waals surface area contributed by atoms with Crippen LogP contribution in [0.3, 0.4) is 0 Å². The highest BCUT2D eigenvalue weighted by Gasteiger charge is 2.17. The number of aromatic amines is 2. The largest absolute Gasteiger partial charge is 0.497 e. The quantitative estimate of drug-likeness (QED) is 0.442. The van der Waals surface area contributed by atoms with Crippen LogP contribution in [0.1, 0.15) is 10.5 Å². The van der Waals surface area contributed by atoms with E-state index in [1.165, 1.54) is 11.3 Å². The van der Waals surface area contributed by atoms with Gasteiger partial charge in [0.2, 0.25) is 0 Å². The van der Waals surface area contributed by atoms with Crippen molar-refractivity contribution in [3.63, 3.8) is 0 Å². The summed E-state index contributed by atoms with van der Waals surface area (Å²) in [4.78, 5) is 54.6. The number of benzene rings is 1. The van der Waals surface area contributed by atoms with E-state index in [1.807, 2.05) is 4.98 Å². The van der Waals surface area contributed by atoms with Crippen LogP contribution in [0, 0.1) is 0 Å². The summed E-state index contributed by atoms with van der Waals surface area (Å²) in [5, 5.41) is 2.80. The lowest BCUT2D eigenvalue weighted by atomic mass is 10.3. The monoisotopic (exact) mass is 391 g/mol. The number of amides is 1. The molecule has 0 saturated heterocycles. The van der Waals surface area contributed by atoms with Crippen LogP contribution in [0.5, 0.6) is 5.75 Å². The molecule has 2 aromatic heterocycles. The van der Waals surface area contributed by atoms with Crippen molar-refractivity contribution in [3.8, 4) is 5.75 Å². The molecule has 140 valence electrons. The number of ether oxygens (including phenoxy) is 2. The van der Waals surface area contributed by atoms with Crippen LogP contribution in [0.25, 0.3) is 10.2 Å². The number of nitrogens with one attached hydrogen (secondary N) is 3. The first kappa shape index (κ1) is 18.1. The van der Waals surface area contributed by atoms with Gasteiger partial charge in [-0.1, -0.05) is 11.3 Å². The number of anilines is 2. The van der Waals surface area contributed by atoms with Crippen molar-refractivity contribution >= 4 is 44.2 Å². The van der Waals surface area contributed by atoms with Crippen LogP contribution in [0.15, 0.2) is 27.8 Å². The molecule has 0 aliphatic heterocycles. The van der Waals surface area contributed by atoms with E-state index in [2.05, 4.69) is 15.3 Å². The maximum Gasteiger partial charge on any atom is 0.357 e. The van der Waals surface area contributed by atoms with Crippen LogP contribution in [0.4, 0.5) is 10.8 Å². The third-order valence-corrected chi connectivity index (χ3v) is 4.29. The number of carbonyl (C=O) groups is 2. The summed E-state index contributed by atoms with van der Waals surface area (Å²) >= 11 is 1.22. The highest BCUT2D eigenvalue weighted by molar-refractivity contribution is 7.22. The van der Waals surface area contributed by atoms with E-state index in [0.717, 1.165) is 4.70 Å². The predicted molar refractivity (Wildman–Crippen MR) is 97.2 cm³/mol. The minimum absolute atomic E-state index is 0.309. The Kier molecular flexibility index (Phi) is 4.90. The Morgan fingerprint density at radius 3 is 2.81 bits per heavy atom. The van der Waals surface area contributed by atoms with E-state index in [1.54, 1.807) is 25.3 Å². The van der Waals surface area contributed by atoms with Crippen LogP contribution < -0.4 is 27.0 Å². The number of nitrogens with two attached hydrogens (primary N) is 1. The lowest BCUT2D eigenvalue weighted by molar-refractivity contribution is -0.119. The summed E-state index contributed by atoms with van der Waals surface area (Å²) < 4.78 is 10.7. The van der Waals surface area contributed by atoms with Crippen LogP contribution in [0.2, 0.25) is 0 Å². The second-order valence-corrected chi connectivity index (χ2v) is 6.20. The fraction of sp³-hybridized carbons (Fsp3) is 0.133. The second-order valence-electron chi connectivity index (χ2n) is 5.17. The normalized spacial score (nSPS) is 10.6. The van der Waals surface area contributed by atoms with Gasteiger partial charge in [0.05, 0.1) is 17.3 Å². The number of methoxy groups -OCH3 is 1. The van der Waals surface area contributed by atoms with Crippen molar-refractivity contribution in [2.75, 3.05) is 24.8 Å². The van der Waals surface area contributed by atoms with Gasteiger partial charge in [0.1, 0.15) is 11.4 Å². The number of nitrogens with zero attached hydrogens (tertiary/aromatic N) is 1. The Balaban J connectivity index is 1.65. The zero-order valence-corrected chi connectivity index (χ0v) is 14.6. The number of thiazole rings is 1. The van der Waals surface area contributed by atoms with Gasteiger partial charge >= 0.3 is 11.7 Å². The zero-order chi connectivity index (χ0) is 19.6. The summed E-state index contributed by atoms with van der Waals surface area (Å²) in [5.74, 6) is -1.11. The van der Waals surface area contributed by atoms with Crippen molar-refractivity contribution in [3.05, 3.63) is 44.7 Å². The number of nitrogen functional groups attached to an aromatic ring is 1. The molecule has 3 aromatic rings. The fourth-order valence-corrected chi connectivity index (χ4v) is 3.01. The van der Waals surface area contributed by atoms with Crippen molar-refractivity contribution < 1.29 is 19.1 Å². The van der Waals surface area contributed by atoms with E-state index in [4.69, 9.17) is 15.2 Å². The highest BCUT2D eigenvalue weighted by atomic mass is 32.1. The van der Waals surface area contributed by atoms with Gasteiger partial charge in [0, 0.05) is 0 Å². The average Bonchev–Trinajstić information content (AvgIpc) is 3.03.